The highest BCUT2D eigenvalue weighted by molar-refractivity contribution is 6.09. The van der Waals surface area contributed by atoms with Crippen molar-refractivity contribution in [2.45, 2.75) is 24.2 Å². The Kier molecular flexibility index (Phi) is 2.44. The molecule has 2 aromatic carbocycles. The molecule has 5 saturated carbocycles. The molecule has 6 unspecified atom stereocenters. The first-order valence-electron chi connectivity index (χ1n) is 9.62. The van der Waals surface area contributed by atoms with Crippen LogP contribution < -0.4 is 0 Å². The van der Waals surface area contributed by atoms with Crippen molar-refractivity contribution in [2.75, 3.05) is 6.61 Å². The third-order valence-corrected chi connectivity index (χ3v) is 8.28. The Labute approximate surface area is 157 Å². The molecule has 0 heterocycles. The molecular weight excluding hydrogens is 340 g/mol. The number of carbonyl (C=O) groups excluding carboxylic acids is 1. The predicted molar refractivity (Wildman–Crippen MR) is 97.0 cm³/mol. The van der Waals surface area contributed by atoms with E-state index < -0.39 is 27.6 Å². The van der Waals surface area contributed by atoms with Crippen LogP contribution in [0.1, 0.15) is 24.5 Å². The first-order valence-corrected chi connectivity index (χ1v) is 9.62. The van der Waals surface area contributed by atoms with Crippen molar-refractivity contribution >= 4 is 11.9 Å². The summed E-state index contributed by atoms with van der Waals surface area (Å²) in [5.74, 6) is -1.10. The number of rotatable bonds is 5. The average Bonchev–Trinajstić information content (AvgIpc) is 3.31. The maximum Gasteiger partial charge on any atom is 0.314 e. The zero-order valence-electron chi connectivity index (χ0n) is 15.0. The van der Waals surface area contributed by atoms with E-state index in [1.54, 1.807) is 6.92 Å². The monoisotopic (exact) mass is 360 g/mol. The van der Waals surface area contributed by atoms with Gasteiger partial charge in [0.2, 0.25) is 0 Å². The fraction of sp³-hybridized carbons (Fsp3) is 0.391. The standard InChI is InChI=1S/C23H20O4/c1-2-27-19(26)23-17-13-16-20(22(16,23)18(24)25,14-9-5-3-6-10-14)21(17,23)15-11-7-4-8-12-15/h3-12,16-17H,2,13H2,1H3,(H,24,25). The zero-order chi connectivity index (χ0) is 18.7. The smallest absolute Gasteiger partial charge is 0.314 e. The summed E-state index contributed by atoms with van der Waals surface area (Å²) >= 11 is 0. The number of carboxylic acid groups (broad SMARTS) is 1. The van der Waals surface area contributed by atoms with E-state index in [1.807, 2.05) is 48.5 Å². The van der Waals surface area contributed by atoms with Crippen LogP contribution in [0.2, 0.25) is 0 Å². The molecule has 0 radical (unpaired) electrons. The van der Waals surface area contributed by atoms with E-state index >= 15 is 0 Å². The van der Waals surface area contributed by atoms with Crippen molar-refractivity contribution in [1.29, 1.82) is 0 Å². The summed E-state index contributed by atoms with van der Waals surface area (Å²) in [4.78, 5) is 25.9. The van der Waals surface area contributed by atoms with Crippen LogP contribution in [0.4, 0.5) is 0 Å². The van der Waals surface area contributed by atoms with Crippen molar-refractivity contribution < 1.29 is 19.4 Å². The minimum atomic E-state index is -1.02. The molecule has 0 saturated heterocycles. The summed E-state index contributed by atoms with van der Waals surface area (Å²) in [5.41, 5.74) is -0.730. The maximum atomic E-state index is 13.2. The van der Waals surface area contributed by atoms with Crippen LogP contribution >= 0.6 is 0 Å². The normalized spacial score (nSPS) is 44.0. The van der Waals surface area contributed by atoms with Gasteiger partial charge in [0.25, 0.3) is 0 Å². The van der Waals surface area contributed by atoms with Gasteiger partial charge in [0.1, 0.15) is 0 Å². The minimum Gasteiger partial charge on any atom is -0.481 e. The Bertz CT molecular complexity index is 1000. The molecular formula is C23H20O4. The molecule has 2 aromatic rings. The van der Waals surface area contributed by atoms with Crippen LogP contribution in [0.5, 0.6) is 0 Å². The minimum absolute atomic E-state index is 0.000452. The lowest BCUT2D eigenvalue weighted by atomic mass is 9.52. The van der Waals surface area contributed by atoms with E-state index in [0.29, 0.717) is 0 Å². The Morgan fingerprint density at radius 1 is 0.926 bits per heavy atom. The van der Waals surface area contributed by atoms with Crippen molar-refractivity contribution in [1.82, 2.24) is 0 Å². The number of aliphatic carboxylic acids is 1. The molecule has 6 atom stereocenters. The van der Waals surface area contributed by atoms with Crippen LogP contribution in [-0.2, 0) is 25.2 Å². The molecule has 27 heavy (non-hydrogen) atoms. The maximum absolute atomic E-state index is 13.2. The van der Waals surface area contributed by atoms with Crippen LogP contribution in [0.25, 0.3) is 0 Å². The van der Waals surface area contributed by atoms with Crippen molar-refractivity contribution in [3.8, 4) is 0 Å². The fourth-order valence-electron chi connectivity index (χ4n) is 8.24. The van der Waals surface area contributed by atoms with Crippen LogP contribution in [0.3, 0.4) is 0 Å². The third-order valence-electron chi connectivity index (χ3n) is 8.28. The fourth-order valence-corrected chi connectivity index (χ4v) is 8.24. The summed E-state index contributed by atoms with van der Waals surface area (Å²) in [5, 5.41) is 10.4. The molecule has 0 amide bonds. The number of esters is 1. The second kappa shape index (κ2) is 4.27. The number of hydrogen-bond donors (Lipinski definition) is 1. The van der Waals surface area contributed by atoms with Gasteiger partial charge in [-0.05, 0) is 36.3 Å². The van der Waals surface area contributed by atoms with Gasteiger partial charge in [-0.2, -0.15) is 0 Å². The van der Waals surface area contributed by atoms with Crippen LogP contribution in [-0.4, -0.2) is 23.7 Å². The van der Waals surface area contributed by atoms with E-state index in [4.69, 9.17) is 4.74 Å². The van der Waals surface area contributed by atoms with E-state index in [0.717, 1.165) is 17.5 Å². The van der Waals surface area contributed by atoms with E-state index in [-0.39, 0.29) is 24.4 Å². The molecule has 0 aliphatic heterocycles. The molecule has 1 N–H and O–H groups in total. The summed E-state index contributed by atoms with van der Waals surface area (Å²) in [6, 6.07) is 20.0. The Morgan fingerprint density at radius 3 is 1.89 bits per heavy atom. The van der Waals surface area contributed by atoms with Gasteiger partial charge in [0.15, 0.2) is 0 Å². The molecule has 4 nitrogen and oxygen atoms in total. The second-order valence-electron chi connectivity index (χ2n) is 8.33. The van der Waals surface area contributed by atoms with Gasteiger partial charge in [0.05, 0.1) is 17.4 Å². The lowest BCUT2D eigenvalue weighted by molar-refractivity contribution is -0.171. The molecule has 4 heteroatoms. The van der Waals surface area contributed by atoms with Gasteiger partial charge in [-0.3, -0.25) is 9.59 Å². The summed E-state index contributed by atoms with van der Waals surface area (Å²) < 4.78 is 5.48. The van der Waals surface area contributed by atoms with Crippen molar-refractivity contribution in [2.24, 2.45) is 22.7 Å². The number of ether oxygens (including phenoxy) is 1. The van der Waals surface area contributed by atoms with Gasteiger partial charge in [0, 0.05) is 10.8 Å². The molecule has 0 spiro atoms. The SMILES string of the molecule is CCOC(=O)C12C3CC4C1(C(=O)O)C4(c1ccccc1)C32c1ccccc1. The summed E-state index contributed by atoms with van der Waals surface area (Å²) in [7, 11) is 0. The van der Waals surface area contributed by atoms with E-state index in [9.17, 15) is 14.7 Å². The highest BCUT2D eigenvalue weighted by Crippen LogP contribution is 3.14. The van der Waals surface area contributed by atoms with Crippen molar-refractivity contribution in [3.05, 3.63) is 71.8 Å². The largest absolute Gasteiger partial charge is 0.481 e. The highest BCUT2D eigenvalue weighted by Gasteiger charge is 3.22. The van der Waals surface area contributed by atoms with Crippen molar-refractivity contribution in [3.63, 3.8) is 0 Å². The molecule has 5 fully saturated rings. The summed E-state index contributed by atoms with van der Waals surface area (Å²) in [6.45, 7) is 2.06. The van der Waals surface area contributed by atoms with Gasteiger partial charge in [-0.15, -0.1) is 0 Å². The molecule has 136 valence electrons. The highest BCUT2D eigenvalue weighted by atomic mass is 16.5. The second-order valence-corrected chi connectivity index (χ2v) is 8.33. The van der Waals surface area contributed by atoms with Gasteiger partial charge in [-0.1, -0.05) is 60.7 Å². The van der Waals surface area contributed by atoms with Crippen LogP contribution in [0, 0.1) is 22.7 Å². The number of carboxylic acids is 1. The first-order chi connectivity index (χ1) is 13.1. The molecule has 0 aromatic heterocycles. The topological polar surface area (TPSA) is 63.6 Å². The van der Waals surface area contributed by atoms with E-state index in [1.165, 1.54) is 0 Å². The Morgan fingerprint density at radius 2 is 1.41 bits per heavy atom. The number of carbonyl (C=O) groups is 2. The van der Waals surface area contributed by atoms with Crippen LogP contribution in [0.15, 0.2) is 60.7 Å². The first kappa shape index (κ1) is 15.4. The van der Waals surface area contributed by atoms with E-state index in [2.05, 4.69) is 12.1 Å². The molecule has 5 aliphatic rings. The Balaban J connectivity index is 1.66. The molecule has 2 bridgehead atoms. The lowest BCUT2D eigenvalue weighted by Gasteiger charge is -2.47. The summed E-state index contributed by atoms with van der Waals surface area (Å²) in [6.07, 6.45) is 0.787. The Hall–Kier alpha value is -2.62. The molecule has 5 aliphatic carbocycles. The number of hydrogen-bond acceptors (Lipinski definition) is 3. The lowest BCUT2D eigenvalue weighted by Crippen LogP contribution is -2.58. The molecule has 7 rings (SSSR count). The predicted octanol–water partition coefficient (Wildman–Crippen LogP) is 3.16. The quantitative estimate of drug-likeness (QED) is 0.832. The van der Waals surface area contributed by atoms with Gasteiger partial charge in [-0.25, -0.2) is 0 Å². The average molecular weight is 360 g/mol. The van der Waals surface area contributed by atoms with Gasteiger partial charge < -0.3 is 9.84 Å². The third kappa shape index (κ3) is 1.06. The number of benzene rings is 2. The zero-order valence-corrected chi connectivity index (χ0v) is 15.0. The van der Waals surface area contributed by atoms with Gasteiger partial charge >= 0.3 is 11.9 Å².